The molecule has 10 nitrogen and oxygen atoms in total. The van der Waals surface area contributed by atoms with E-state index in [1.54, 1.807) is 24.3 Å². The highest BCUT2D eigenvalue weighted by atomic mass is 31.2. The fourth-order valence-electron chi connectivity index (χ4n) is 3.61. The van der Waals surface area contributed by atoms with Crippen molar-refractivity contribution in [2.75, 3.05) is 29.9 Å². The molecule has 6 fully saturated rings. The summed E-state index contributed by atoms with van der Waals surface area (Å²) in [5, 5.41) is 16.6. The summed E-state index contributed by atoms with van der Waals surface area (Å²) in [6, 6.07) is 17.0. The molecule has 31 heavy (non-hydrogen) atoms. The number of carbonyl (C=O) groups excluding carboxylic acids is 1. The lowest BCUT2D eigenvalue weighted by Crippen LogP contribution is -2.62. The van der Waals surface area contributed by atoms with Gasteiger partial charge >= 0.3 is 19.7 Å². The van der Waals surface area contributed by atoms with Crippen molar-refractivity contribution in [1.82, 2.24) is 5.32 Å². The van der Waals surface area contributed by atoms with E-state index in [-0.39, 0.29) is 6.61 Å². The van der Waals surface area contributed by atoms with Crippen molar-refractivity contribution in [3.05, 3.63) is 60.2 Å². The van der Waals surface area contributed by atoms with E-state index in [0.29, 0.717) is 25.3 Å². The number of rotatable bonds is 8. The first-order chi connectivity index (χ1) is 15.0. The summed E-state index contributed by atoms with van der Waals surface area (Å²) in [4.78, 5) is 14.0. The Bertz CT molecular complexity index is 994. The maximum atomic E-state index is 12.7. The Hall–Kier alpha value is -2.30. The second kappa shape index (κ2) is 7.99. The van der Waals surface area contributed by atoms with Crippen molar-refractivity contribution in [2.45, 2.75) is 24.8 Å². The van der Waals surface area contributed by atoms with Crippen molar-refractivity contribution in [3.63, 3.8) is 0 Å². The number of hydrogen-bond donors (Lipinski definition) is 3. The molecule has 164 valence electrons. The van der Waals surface area contributed by atoms with Gasteiger partial charge in [-0.15, -0.1) is 0 Å². The van der Waals surface area contributed by atoms with Gasteiger partial charge in [-0.1, -0.05) is 30.3 Å². The van der Waals surface area contributed by atoms with Crippen LogP contribution in [0.5, 0.6) is 0 Å². The van der Waals surface area contributed by atoms with Gasteiger partial charge in [-0.3, -0.25) is 14.2 Å². The molecular formula is C20H22N3O7P. The number of anilines is 2. The van der Waals surface area contributed by atoms with Gasteiger partial charge < -0.3 is 20.5 Å². The third-order valence-corrected chi connectivity index (χ3v) is 6.57. The van der Waals surface area contributed by atoms with Gasteiger partial charge in [0.2, 0.25) is 0 Å². The molecule has 6 heterocycles. The van der Waals surface area contributed by atoms with Crippen LogP contribution < -0.4 is 15.5 Å². The SMILES string of the molecule is O=C1N(c2ccc(NC[C@@H](O)CNCc3ccccc3)cc2)C2COC13OP(=O)(O2)O3. The predicted molar refractivity (Wildman–Crippen MR) is 110 cm³/mol. The molecule has 2 atom stereocenters. The molecule has 11 heteroatoms. The number of ether oxygens (including phenoxy) is 1. The summed E-state index contributed by atoms with van der Waals surface area (Å²) in [6.07, 6.45) is -1.47. The lowest BCUT2D eigenvalue weighted by Gasteiger charge is -2.41. The second-order valence-electron chi connectivity index (χ2n) is 7.43. The number of phosphoric acid groups is 1. The zero-order chi connectivity index (χ0) is 21.5. The van der Waals surface area contributed by atoms with Crippen LogP contribution in [0.2, 0.25) is 0 Å². The maximum absolute atomic E-state index is 12.7. The van der Waals surface area contributed by atoms with Crippen molar-refractivity contribution >= 4 is 25.1 Å². The molecule has 6 aliphatic rings. The van der Waals surface area contributed by atoms with E-state index in [4.69, 9.17) is 18.3 Å². The minimum atomic E-state index is -3.73. The predicted octanol–water partition coefficient (Wildman–Crippen LogP) is 1.78. The van der Waals surface area contributed by atoms with Crippen LogP contribution in [-0.4, -0.2) is 49.0 Å². The molecule has 3 N–H and O–H groups in total. The van der Waals surface area contributed by atoms with E-state index < -0.39 is 32.0 Å². The Kier molecular flexibility index (Phi) is 5.31. The molecule has 6 saturated heterocycles. The molecule has 8 rings (SSSR count). The van der Waals surface area contributed by atoms with Gasteiger partial charge in [-0.2, -0.15) is 0 Å². The Morgan fingerprint density at radius 1 is 1.13 bits per heavy atom. The van der Waals surface area contributed by atoms with E-state index in [9.17, 15) is 14.5 Å². The number of aliphatic hydroxyl groups is 1. The van der Waals surface area contributed by atoms with Gasteiger partial charge in [0, 0.05) is 31.0 Å². The highest BCUT2D eigenvalue weighted by Crippen LogP contribution is 2.70. The topological polar surface area (TPSA) is 119 Å². The van der Waals surface area contributed by atoms with E-state index in [1.165, 1.54) is 4.90 Å². The molecule has 6 aliphatic heterocycles. The van der Waals surface area contributed by atoms with Crippen LogP contribution >= 0.6 is 7.82 Å². The fourth-order valence-corrected chi connectivity index (χ4v) is 5.01. The average Bonchev–Trinajstić information content (AvgIpc) is 3.07. The number of nitrogens with one attached hydrogen (secondary N) is 2. The standard InChI is InChI=1S/C20H22N3O7P/c24-17(11-21-10-14-4-2-1-3-5-14)12-22-15-6-8-16(9-7-15)23-18-13-27-20(19(23)25)29-31(26,28-18)30-20/h1-9,17-18,21-22,24H,10-13H2/t17-,18?,20?,31?/m0/s1. The molecule has 0 saturated carbocycles. The first-order valence-electron chi connectivity index (χ1n) is 9.91. The first-order valence-corrected chi connectivity index (χ1v) is 11.4. The van der Waals surface area contributed by atoms with Crippen molar-refractivity contribution in [3.8, 4) is 0 Å². The minimum absolute atomic E-state index is 0.0160. The molecular weight excluding hydrogens is 425 g/mol. The summed E-state index contributed by atoms with van der Waals surface area (Å²) in [7, 11) is -3.73. The van der Waals surface area contributed by atoms with E-state index in [1.807, 2.05) is 30.3 Å². The van der Waals surface area contributed by atoms with Gasteiger partial charge in [0.25, 0.3) is 0 Å². The summed E-state index contributed by atoms with van der Waals surface area (Å²) >= 11 is 0. The van der Waals surface area contributed by atoms with Crippen LogP contribution in [0.25, 0.3) is 0 Å². The maximum Gasteiger partial charge on any atom is 0.486 e. The molecule has 3 bridgehead atoms. The normalized spacial score (nSPS) is 29.9. The number of nitrogens with zero attached hydrogens (tertiary/aromatic N) is 1. The Morgan fingerprint density at radius 2 is 1.87 bits per heavy atom. The Labute approximate surface area is 178 Å². The number of carbonyl (C=O) groups is 1. The molecule has 0 aliphatic carbocycles. The Morgan fingerprint density at radius 3 is 2.61 bits per heavy atom. The van der Waals surface area contributed by atoms with Crippen LogP contribution in [0.15, 0.2) is 54.6 Å². The third kappa shape index (κ3) is 3.99. The van der Waals surface area contributed by atoms with Gasteiger partial charge in [-0.05, 0) is 29.8 Å². The van der Waals surface area contributed by atoms with E-state index in [0.717, 1.165) is 11.3 Å². The summed E-state index contributed by atoms with van der Waals surface area (Å²) in [5.41, 5.74) is 2.46. The monoisotopic (exact) mass is 447 g/mol. The molecule has 2 aromatic rings. The molecule has 0 radical (unpaired) electrons. The lowest BCUT2D eigenvalue weighted by molar-refractivity contribution is -0.331. The quantitative estimate of drug-likeness (QED) is 0.521. The minimum Gasteiger partial charge on any atom is -0.390 e. The fraction of sp³-hybridized carbons (Fsp3) is 0.350. The first kappa shape index (κ1) is 20.6. The third-order valence-electron chi connectivity index (χ3n) is 5.14. The van der Waals surface area contributed by atoms with Gasteiger partial charge in [0.15, 0.2) is 6.23 Å². The zero-order valence-corrected chi connectivity index (χ0v) is 17.4. The molecule has 0 aromatic heterocycles. The summed E-state index contributed by atoms with van der Waals surface area (Å²) in [5.74, 6) is -2.59. The molecule has 1 amide bonds. The average molecular weight is 447 g/mol. The van der Waals surface area contributed by atoms with Gasteiger partial charge in [0.1, 0.15) is 0 Å². The number of hydrogen-bond acceptors (Lipinski definition) is 9. The molecule has 1 unspecified atom stereocenters. The van der Waals surface area contributed by atoms with Crippen molar-refractivity contribution < 1.29 is 32.8 Å². The van der Waals surface area contributed by atoms with Crippen LogP contribution in [0.4, 0.5) is 11.4 Å². The van der Waals surface area contributed by atoms with E-state index in [2.05, 4.69) is 10.6 Å². The Balaban J connectivity index is 1.15. The highest BCUT2D eigenvalue weighted by Gasteiger charge is 2.73. The van der Waals surface area contributed by atoms with Crippen molar-refractivity contribution in [2.24, 2.45) is 0 Å². The summed E-state index contributed by atoms with van der Waals surface area (Å²) in [6.45, 7) is 1.48. The van der Waals surface area contributed by atoms with Crippen LogP contribution in [0, 0.1) is 0 Å². The number of benzene rings is 2. The largest absolute Gasteiger partial charge is 0.486 e. The summed E-state index contributed by atoms with van der Waals surface area (Å²) < 4.78 is 32.7. The number of phosphoric ester groups is 1. The number of aliphatic hydroxyl groups excluding tert-OH is 1. The van der Waals surface area contributed by atoms with Crippen molar-refractivity contribution in [1.29, 1.82) is 0 Å². The van der Waals surface area contributed by atoms with Gasteiger partial charge in [-0.25, -0.2) is 13.6 Å². The number of morpholine rings is 1. The van der Waals surface area contributed by atoms with Gasteiger partial charge in [0.05, 0.1) is 12.7 Å². The highest BCUT2D eigenvalue weighted by molar-refractivity contribution is 7.49. The second-order valence-corrected chi connectivity index (χ2v) is 8.90. The molecule has 2 aromatic carbocycles. The zero-order valence-electron chi connectivity index (χ0n) is 16.5. The lowest BCUT2D eigenvalue weighted by atomic mass is 10.2. The van der Waals surface area contributed by atoms with Crippen LogP contribution in [-0.2, 0) is 34.2 Å². The van der Waals surface area contributed by atoms with Crippen LogP contribution in [0.3, 0.4) is 0 Å². The van der Waals surface area contributed by atoms with E-state index >= 15 is 0 Å². The molecule has 1 spiro atoms. The van der Waals surface area contributed by atoms with Crippen LogP contribution in [0.1, 0.15) is 5.56 Å². The smallest absolute Gasteiger partial charge is 0.390 e. The number of amides is 1.